The number of thiophene rings is 1. The molecule has 5 nitrogen and oxygen atoms in total. The van der Waals surface area contributed by atoms with Crippen LogP contribution in [0.4, 0.5) is 5.69 Å². The second-order valence-electron chi connectivity index (χ2n) is 5.82. The third kappa shape index (κ3) is 4.77. The Kier molecular flexibility index (Phi) is 5.80. The molecule has 7 heteroatoms. The molecule has 0 fully saturated rings. The van der Waals surface area contributed by atoms with Crippen LogP contribution in [0.5, 0.6) is 0 Å². The number of esters is 1. The van der Waals surface area contributed by atoms with Gasteiger partial charge in [0.2, 0.25) is 0 Å². The Balaban J connectivity index is 1.53. The van der Waals surface area contributed by atoms with Crippen molar-refractivity contribution in [3.63, 3.8) is 0 Å². The standard InChI is InChI=1S/C19H18N2O3S2/c1-12-4-3-5-15(8-12)20-18(23)13(2)24-17(22)9-16-11-26-19(21-16)14-6-7-25-10-14/h3-8,10-11,13H,9H2,1-2H3,(H,20,23)/t13-/m0/s1. The Bertz CT molecular complexity index is 903. The van der Waals surface area contributed by atoms with Crippen molar-refractivity contribution in [3.8, 4) is 10.6 Å². The number of thiazole rings is 1. The van der Waals surface area contributed by atoms with Gasteiger partial charge in [-0.2, -0.15) is 11.3 Å². The second-order valence-corrected chi connectivity index (χ2v) is 7.46. The highest BCUT2D eigenvalue weighted by Gasteiger charge is 2.19. The highest BCUT2D eigenvalue weighted by Crippen LogP contribution is 2.25. The van der Waals surface area contributed by atoms with E-state index in [1.165, 1.54) is 11.3 Å². The van der Waals surface area contributed by atoms with Crippen LogP contribution >= 0.6 is 22.7 Å². The molecule has 0 saturated carbocycles. The molecule has 3 aromatic rings. The summed E-state index contributed by atoms with van der Waals surface area (Å²) in [4.78, 5) is 28.7. The van der Waals surface area contributed by atoms with Gasteiger partial charge in [0, 0.05) is 22.0 Å². The summed E-state index contributed by atoms with van der Waals surface area (Å²) in [5, 5.41) is 9.46. The normalized spacial score (nSPS) is 11.8. The number of benzene rings is 1. The molecular formula is C19H18N2O3S2. The third-order valence-corrected chi connectivity index (χ3v) is 5.23. The Hall–Kier alpha value is -2.51. The zero-order chi connectivity index (χ0) is 18.5. The number of rotatable bonds is 6. The minimum absolute atomic E-state index is 0.0443. The fourth-order valence-corrected chi connectivity index (χ4v) is 3.85. The van der Waals surface area contributed by atoms with E-state index >= 15 is 0 Å². The maximum atomic E-state index is 12.2. The van der Waals surface area contributed by atoms with Gasteiger partial charge in [0.1, 0.15) is 5.01 Å². The summed E-state index contributed by atoms with van der Waals surface area (Å²) in [5.41, 5.74) is 3.41. The predicted octanol–water partition coefficient (Wildman–Crippen LogP) is 4.29. The SMILES string of the molecule is Cc1cccc(NC(=O)[C@H](C)OC(=O)Cc2csc(-c3ccsc3)n2)c1. The summed E-state index contributed by atoms with van der Waals surface area (Å²) in [6, 6.07) is 9.43. The lowest BCUT2D eigenvalue weighted by atomic mass is 10.2. The lowest BCUT2D eigenvalue weighted by molar-refractivity contribution is -0.152. The maximum Gasteiger partial charge on any atom is 0.312 e. The van der Waals surface area contributed by atoms with Crippen molar-refractivity contribution < 1.29 is 14.3 Å². The quantitative estimate of drug-likeness (QED) is 0.642. The van der Waals surface area contributed by atoms with E-state index in [9.17, 15) is 9.59 Å². The van der Waals surface area contributed by atoms with Crippen LogP contribution in [0.15, 0.2) is 46.5 Å². The maximum absolute atomic E-state index is 12.2. The summed E-state index contributed by atoms with van der Waals surface area (Å²) in [6.45, 7) is 3.50. The molecular weight excluding hydrogens is 368 g/mol. The molecule has 1 amide bonds. The average Bonchev–Trinajstić information content (AvgIpc) is 3.25. The molecule has 0 bridgehead atoms. The van der Waals surface area contributed by atoms with Crippen LogP contribution in [0.3, 0.4) is 0 Å². The van der Waals surface area contributed by atoms with Crippen molar-refractivity contribution in [2.45, 2.75) is 26.4 Å². The largest absolute Gasteiger partial charge is 0.452 e. The Morgan fingerprint density at radius 1 is 1.27 bits per heavy atom. The van der Waals surface area contributed by atoms with Crippen LogP contribution in [0.25, 0.3) is 10.6 Å². The van der Waals surface area contributed by atoms with Gasteiger partial charge >= 0.3 is 5.97 Å². The van der Waals surface area contributed by atoms with Crippen LogP contribution in [0.2, 0.25) is 0 Å². The summed E-state index contributed by atoms with van der Waals surface area (Å²) in [6.07, 6.45) is -0.833. The lowest BCUT2D eigenvalue weighted by Crippen LogP contribution is -2.30. The van der Waals surface area contributed by atoms with Crippen LogP contribution in [0, 0.1) is 6.92 Å². The molecule has 134 valence electrons. The molecule has 0 unspecified atom stereocenters. The van der Waals surface area contributed by atoms with Gasteiger partial charge in [-0.25, -0.2) is 4.98 Å². The van der Waals surface area contributed by atoms with E-state index in [2.05, 4.69) is 10.3 Å². The van der Waals surface area contributed by atoms with Gasteiger partial charge in [0.15, 0.2) is 6.10 Å². The zero-order valence-corrected chi connectivity index (χ0v) is 16.0. The van der Waals surface area contributed by atoms with Gasteiger partial charge < -0.3 is 10.1 Å². The molecule has 0 spiro atoms. The first-order chi connectivity index (χ1) is 12.5. The van der Waals surface area contributed by atoms with Gasteiger partial charge in [-0.3, -0.25) is 9.59 Å². The van der Waals surface area contributed by atoms with Crippen LogP contribution < -0.4 is 5.32 Å². The smallest absolute Gasteiger partial charge is 0.312 e. The number of nitrogens with zero attached hydrogens (tertiary/aromatic N) is 1. The number of carbonyl (C=O) groups is 2. The third-order valence-electron chi connectivity index (χ3n) is 3.61. The Morgan fingerprint density at radius 3 is 2.85 bits per heavy atom. The van der Waals surface area contributed by atoms with E-state index in [0.29, 0.717) is 11.4 Å². The molecule has 26 heavy (non-hydrogen) atoms. The van der Waals surface area contributed by atoms with E-state index in [-0.39, 0.29) is 12.3 Å². The summed E-state index contributed by atoms with van der Waals surface area (Å²) in [5.74, 6) is -0.833. The molecule has 0 aliphatic carbocycles. The highest BCUT2D eigenvalue weighted by molar-refractivity contribution is 7.14. The molecule has 1 aromatic carbocycles. The Morgan fingerprint density at radius 2 is 2.12 bits per heavy atom. The van der Waals surface area contributed by atoms with Crippen LogP contribution in [-0.2, 0) is 20.7 Å². The molecule has 2 aromatic heterocycles. The van der Waals surface area contributed by atoms with Gasteiger partial charge in [-0.1, -0.05) is 12.1 Å². The van der Waals surface area contributed by atoms with E-state index in [1.807, 2.05) is 47.3 Å². The average molecular weight is 386 g/mol. The molecule has 1 N–H and O–H groups in total. The zero-order valence-electron chi connectivity index (χ0n) is 14.4. The van der Waals surface area contributed by atoms with Crippen LogP contribution in [0.1, 0.15) is 18.2 Å². The molecule has 0 radical (unpaired) electrons. The van der Waals surface area contributed by atoms with Gasteiger partial charge in [0.25, 0.3) is 5.91 Å². The minimum Gasteiger partial charge on any atom is -0.452 e. The van der Waals surface area contributed by atoms with E-state index in [1.54, 1.807) is 24.3 Å². The van der Waals surface area contributed by atoms with E-state index in [0.717, 1.165) is 16.1 Å². The number of amides is 1. The Labute approximate surface area is 159 Å². The summed E-state index contributed by atoms with van der Waals surface area (Å²) < 4.78 is 5.23. The lowest BCUT2D eigenvalue weighted by Gasteiger charge is -2.13. The predicted molar refractivity (Wildman–Crippen MR) is 104 cm³/mol. The van der Waals surface area contributed by atoms with Crippen LogP contribution in [-0.4, -0.2) is 23.0 Å². The fraction of sp³-hybridized carbons (Fsp3) is 0.211. The van der Waals surface area contributed by atoms with Gasteiger partial charge in [-0.15, -0.1) is 11.3 Å². The summed E-state index contributed by atoms with van der Waals surface area (Å²) in [7, 11) is 0. The molecule has 2 heterocycles. The molecule has 0 aliphatic heterocycles. The first-order valence-electron chi connectivity index (χ1n) is 8.05. The number of aromatic nitrogens is 1. The molecule has 0 saturated heterocycles. The number of nitrogens with one attached hydrogen (secondary N) is 1. The minimum atomic E-state index is -0.877. The van der Waals surface area contributed by atoms with Crippen molar-refractivity contribution in [2.24, 2.45) is 0 Å². The fourth-order valence-electron chi connectivity index (χ4n) is 2.31. The monoisotopic (exact) mass is 386 g/mol. The number of hydrogen-bond acceptors (Lipinski definition) is 6. The number of anilines is 1. The second kappa shape index (κ2) is 8.25. The number of aryl methyl sites for hydroxylation is 1. The van der Waals surface area contributed by atoms with Crippen molar-refractivity contribution >= 4 is 40.2 Å². The summed E-state index contributed by atoms with van der Waals surface area (Å²) >= 11 is 3.09. The first kappa shape index (κ1) is 18.3. The van der Waals surface area contributed by atoms with E-state index in [4.69, 9.17) is 4.74 Å². The van der Waals surface area contributed by atoms with Crippen molar-refractivity contribution in [1.29, 1.82) is 0 Å². The van der Waals surface area contributed by atoms with Gasteiger partial charge in [0.05, 0.1) is 12.1 Å². The molecule has 3 rings (SSSR count). The van der Waals surface area contributed by atoms with Crippen molar-refractivity contribution in [1.82, 2.24) is 4.98 Å². The van der Waals surface area contributed by atoms with Gasteiger partial charge in [-0.05, 0) is 43.0 Å². The highest BCUT2D eigenvalue weighted by atomic mass is 32.1. The number of ether oxygens (including phenoxy) is 1. The van der Waals surface area contributed by atoms with E-state index < -0.39 is 12.1 Å². The van der Waals surface area contributed by atoms with Crippen molar-refractivity contribution in [2.75, 3.05) is 5.32 Å². The topological polar surface area (TPSA) is 68.3 Å². The molecule has 0 aliphatic rings. The number of hydrogen-bond donors (Lipinski definition) is 1. The first-order valence-corrected chi connectivity index (χ1v) is 9.87. The molecule has 1 atom stereocenters. The number of carbonyl (C=O) groups excluding carboxylic acids is 2. The van der Waals surface area contributed by atoms with Crippen molar-refractivity contribution in [3.05, 3.63) is 57.7 Å².